The first-order chi connectivity index (χ1) is 3.65. The van der Waals surface area contributed by atoms with E-state index in [2.05, 4.69) is 6.58 Å². The van der Waals surface area contributed by atoms with Gasteiger partial charge in [0, 0.05) is 6.54 Å². The van der Waals surface area contributed by atoms with Crippen LogP contribution in [-0.4, -0.2) is 12.6 Å². The number of hydrogen-bond donors (Lipinski definition) is 2. The van der Waals surface area contributed by atoms with Crippen LogP contribution in [0.3, 0.4) is 0 Å². The summed E-state index contributed by atoms with van der Waals surface area (Å²) in [6.07, 6.45) is 1.65. The van der Waals surface area contributed by atoms with Gasteiger partial charge in [0.2, 0.25) is 0 Å². The van der Waals surface area contributed by atoms with Gasteiger partial charge in [-0.2, -0.15) is 0 Å². The molecule has 0 fully saturated rings. The van der Waals surface area contributed by atoms with Gasteiger partial charge in [0.1, 0.15) is 0 Å². The molecule has 2 heteroatoms. The average Bonchev–Trinajstić information content (AvgIpc) is 1.65. The van der Waals surface area contributed by atoms with Crippen molar-refractivity contribution in [2.75, 3.05) is 6.54 Å². The Balaban J connectivity index is 0. The molecule has 0 aromatic heterocycles. The summed E-state index contributed by atoms with van der Waals surface area (Å²) in [7, 11) is 0. The van der Waals surface area contributed by atoms with Crippen molar-refractivity contribution in [3.05, 3.63) is 12.7 Å². The van der Waals surface area contributed by atoms with Crippen LogP contribution in [-0.2, 0) is 0 Å². The van der Waals surface area contributed by atoms with E-state index in [0.29, 0.717) is 12.6 Å². The van der Waals surface area contributed by atoms with Crippen LogP contribution in [0.4, 0.5) is 0 Å². The fourth-order valence-corrected chi connectivity index (χ4v) is 0. The van der Waals surface area contributed by atoms with Gasteiger partial charge in [-0.1, -0.05) is 19.9 Å². The zero-order chi connectivity index (χ0) is 6.99. The molecule has 0 saturated carbocycles. The molecule has 0 unspecified atom stereocenters. The van der Waals surface area contributed by atoms with E-state index in [0.717, 1.165) is 0 Å². The molecule has 0 atom stereocenters. The van der Waals surface area contributed by atoms with Gasteiger partial charge in [-0.3, -0.25) is 0 Å². The van der Waals surface area contributed by atoms with Crippen LogP contribution in [0, 0.1) is 0 Å². The summed E-state index contributed by atoms with van der Waals surface area (Å²) in [6, 6.07) is 0.333. The highest BCUT2D eigenvalue weighted by Crippen LogP contribution is 1.58. The molecule has 0 bridgehead atoms. The summed E-state index contributed by atoms with van der Waals surface area (Å²) in [4.78, 5) is 0. The summed E-state index contributed by atoms with van der Waals surface area (Å²) in [6.45, 7) is 7.83. The molecule has 0 spiro atoms. The van der Waals surface area contributed by atoms with E-state index in [4.69, 9.17) is 11.5 Å². The molecule has 4 N–H and O–H groups in total. The highest BCUT2D eigenvalue weighted by atomic mass is 14.6. The van der Waals surface area contributed by atoms with Crippen LogP contribution in [0.5, 0.6) is 0 Å². The minimum absolute atomic E-state index is 0.333. The molecule has 0 aromatic rings. The van der Waals surface area contributed by atoms with E-state index in [1.165, 1.54) is 0 Å². The third kappa shape index (κ3) is 282. The van der Waals surface area contributed by atoms with Gasteiger partial charge < -0.3 is 11.5 Å². The van der Waals surface area contributed by atoms with E-state index in [9.17, 15) is 0 Å². The fourth-order valence-electron chi connectivity index (χ4n) is 0. The molecule has 0 amide bonds. The first kappa shape index (κ1) is 10.6. The van der Waals surface area contributed by atoms with E-state index in [1.54, 1.807) is 6.08 Å². The Hall–Kier alpha value is -0.340. The zero-order valence-electron chi connectivity index (χ0n) is 5.72. The lowest BCUT2D eigenvalue weighted by atomic mass is 10.5. The molecule has 0 aliphatic heterocycles. The summed E-state index contributed by atoms with van der Waals surface area (Å²) in [5.41, 5.74) is 10.0. The van der Waals surface area contributed by atoms with Crippen molar-refractivity contribution in [3.63, 3.8) is 0 Å². The van der Waals surface area contributed by atoms with Gasteiger partial charge in [0.15, 0.2) is 0 Å². The summed E-state index contributed by atoms with van der Waals surface area (Å²) in [5.74, 6) is 0. The molecule has 2 nitrogen and oxygen atoms in total. The Bertz CT molecular complexity index is 39.0. The topological polar surface area (TPSA) is 52.0 Å². The average molecular weight is 116 g/mol. The van der Waals surface area contributed by atoms with Crippen LogP contribution < -0.4 is 11.5 Å². The smallest absolute Gasteiger partial charge is 0.0104 e. The molecular formula is C6H16N2. The molecule has 0 aliphatic rings. The molecule has 0 rings (SSSR count). The fraction of sp³-hybridized carbons (Fsp3) is 0.667. The quantitative estimate of drug-likeness (QED) is 0.490. The Morgan fingerprint density at radius 3 is 1.75 bits per heavy atom. The zero-order valence-corrected chi connectivity index (χ0v) is 5.72. The molecule has 0 saturated heterocycles. The van der Waals surface area contributed by atoms with Gasteiger partial charge in [0.05, 0.1) is 0 Å². The van der Waals surface area contributed by atoms with E-state index in [1.807, 2.05) is 13.8 Å². The van der Waals surface area contributed by atoms with Crippen molar-refractivity contribution in [2.45, 2.75) is 19.9 Å². The van der Waals surface area contributed by atoms with Crippen molar-refractivity contribution in [1.82, 2.24) is 0 Å². The first-order valence-electron chi connectivity index (χ1n) is 2.71. The van der Waals surface area contributed by atoms with Gasteiger partial charge in [-0.05, 0) is 6.04 Å². The second-order valence-corrected chi connectivity index (χ2v) is 1.77. The van der Waals surface area contributed by atoms with Crippen LogP contribution in [0.1, 0.15) is 13.8 Å². The molecule has 0 radical (unpaired) electrons. The first-order valence-corrected chi connectivity index (χ1v) is 2.71. The highest BCUT2D eigenvalue weighted by Gasteiger charge is 1.67. The van der Waals surface area contributed by atoms with E-state index < -0.39 is 0 Å². The summed E-state index contributed by atoms with van der Waals surface area (Å²) in [5, 5.41) is 0. The number of nitrogens with two attached hydrogens (primary N) is 2. The van der Waals surface area contributed by atoms with Gasteiger partial charge in [-0.15, -0.1) is 6.58 Å². The van der Waals surface area contributed by atoms with Crippen molar-refractivity contribution >= 4 is 0 Å². The van der Waals surface area contributed by atoms with Gasteiger partial charge >= 0.3 is 0 Å². The second kappa shape index (κ2) is 9.83. The molecule has 0 aliphatic carbocycles. The van der Waals surface area contributed by atoms with Crippen LogP contribution in [0.2, 0.25) is 0 Å². The molecule has 8 heavy (non-hydrogen) atoms. The SMILES string of the molecule is C=CCN.CC(C)N. The number of rotatable bonds is 1. The van der Waals surface area contributed by atoms with Crippen LogP contribution >= 0.6 is 0 Å². The highest BCUT2D eigenvalue weighted by molar-refractivity contribution is 4.64. The maximum Gasteiger partial charge on any atom is 0.0104 e. The third-order valence-corrected chi connectivity index (χ3v) is 0.167. The van der Waals surface area contributed by atoms with Crippen LogP contribution in [0.25, 0.3) is 0 Å². The monoisotopic (exact) mass is 116 g/mol. The lowest BCUT2D eigenvalue weighted by molar-refractivity contribution is 0.834. The van der Waals surface area contributed by atoms with Gasteiger partial charge in [-0.25, -0.2) is 0 Å². The Morgan fingerprint density at radius 1 is 1.62 bits per heavy atom. The van der Waals surface area contributed by atoms with Crippen LogP contribution in [0.15, 0.2) is 12.7 Å². The maximum absolute atomic E-state index is 5.11. The predicted molar refractivity (Wildman–Crippen MR) is 38.6 cm³/mol. The van der Waals surface area contributed by atoms with Gasteiger partial charge in [0.25, 0.3) is 0 Å². The lowest BCUT2D eigenvalue weighted by Gasteiger charge is -1.81. The summed E-state index contributed by atoms with van der Waals surface area (Å²) >= 11 is 0. The Morgan fingerprint density at radius 2 is 1.75 bits per heavy atom. The second-order valence-electron chi connectivity index (χ2n) is 1.77. The standard InChI is InChI=1S/C3H9N.C3H7N/c1-3(2)4;1-2-3-4/h3H,4H2,1-2H3;2H,1,3-4H2. The van der Waals surface area contributed by atoms with E-state index in [-0.39, 0.29) is 0 Å². The van der Waals surface area contributed by atoms with Crippen molar-refractivity contribution in [1.29, 1.82) is 0 Å². The minimum Gasteiger partial charge on any atom is -0.328 e. The normalized spacial score (nSPS) is 7.62. The molecule has 0 aromatic carbocycles. The van der Waals surface area contributed by atoms with Crippen molar-refractivity contribution in [2.24, 2.45) is 11.5 Å². The summed E-state index contributed by atoms with van der Waals surface area (Å²) < 4.78 is 0. The molecular weight excluding hydrogens is 100 g/mol. The third-order valence-electron chi connectivity index (χ3n) is 0.167. The predicted octanol–water partition coefficient (Wildman–Crippen LogP) is 0.485. The molecule has 50 valence electrons. The van der Waals surface area contributed by atoms with Crippen molar-refractivity contribution < 1.29 is 0 Å². The molecule has 0 heterocycles. The van der Waals surface area contributed by atoms with Crippen molar-refractivity contribution in [3.8, 4) is 0 Å². The van der Waals surface area contributed by atoms with E-state index >= 15 is 0 Å². The lowest BCUT2D eigenvalue weighted by Crippen LogP contribution is -2.06. The largest absolute Gasteiger partial charge is 0.328 e. The Labute approximate surface area is 51.6 Å². The maximum atomic E-state index is 5.11. The number of hydrogen-bond acceptors (Lipinski definition) is 2. The Kier molecular flexibility index (Phi) is 13.0. The minimum atomic E-state index is 0.333.